The zero-order chi connectivity index (χ0) is 13.1. The number of nitriles is 1. The van der Waals surface area contributed by atoms with Crippen LogP contribution in [0.2, 0.25) is 0 Å². The molecule has 0 unspecified atom stereocenters. The standard InChI is InChI=1S/C13H22N4O.ClH/c14-8-11-2-1-7-17(11)13(18)12(16)9-3-5-10(15)6-4-9;/h9-12H,1-7,15-16H2;1H/t9-,10-,11-,12-;/m0./s1. The number of nitrogens with two attached hydrogens (primary N) is 2. The maximum atomic E-state index is 12.3. The molecule has 6 heteroatoms. The van der Waals surface area contributed by atoms with Gasteiger partial charge in [0.2, 0.25) is 5.91 Å². The van der Waals surface area contributed by atoms with Gasteiger partial charge in [-0.2, -0.15) is 5.26 Å². The first-order chi connectivity index (χ1) is 8.63. The van der Waals surface area contributed by atoms with Gasteiger partial charge >= 0.3 is 0 Å². The van der Waals surface area contributed by atoms with Crippen molar-refractivity contribution in [3.8, 4) is 6.07 Å². The lowest BCUT2D eigenvalue weighted by Gasteiger charge is -2.32. The van der Waals surface area contributed by atoms with Gasteiger partial charge in [0, 0.05) is 12.6 Å². The minimum Gasteiger partial charge on any atom is -0.328 e. The van der Waals surface area contributed by atoms with Crippen molar-refractivity contribution in [2.75, 3.05) is 6.54 Å². The number of hydrogen-bond donors (Lipinski definition) is 2. The van der Waals surface area contributed by atoms with Crippen molar-refractivity contribution in [1.29, 1.82) is 5.26 Å². The second-order valence-electron chi connectivity index (χ2n) is 5.52. The highest BCUT2D eigenvalue weighted by Gasteiger charge is 2.35. The third-order valence-corrected chi connectivity index (χ3v) is 4.29. The van der Waals surface area contributed by atoms with Gasteiger partial charge in [0.15, 0.2) is 0 Å². The van der Waals surface area contributed by atoms with Crippen LogP contribution in [0.4, 0.5) is 0 Å². The molecule has 2 aliphatic rings. The first kappa shape index (κ1) is 16.2. The maximum absolute atomic E-state index is 12.3. The van der Waals surface area contributed by atoms with Crippen molar-refractivity contribution < 1.29 is 4.79 Å². The molecule has 19 heavy (non-hydrogen) atoms. The van der Waals surface area contributed by atoms with E-state index in [0.717, 1.165) is 38.5 Å². The monoisotopic (exact) mass is 286 g/mol. The largest absolute Gasteiger partial charge is 0.328 e. The van der Waals surface area contributed by atoms with Crippen LogP contribution < -0.4 is 11.5 Å². The SMILES string of the molecule is Cl.N#C[C@@H]1CCCN1C(=O)[C@@H](N)[C@H]1CC[C@H](N)CC1. The normalized spacial score (nSPS) is 32.3. The average Bonchev–Trinajstić information content (AvgIpc) is 2.86. The highest BCUT2D eigenvalue weighted by atomic mass is 35.5. The van der Waals surface area contributed by atoms with Gasteiger partial charge in [-0.15, -0.1) is 12.4 Å². The second-order valence-corrected chi connectivity index (χ2v) is 5.52. The Balaban J connectivity index is 0.00000180. The first-order valence-corrected chi connectivity index (χ1v) is 6.84. The minimum absolute atomic E-state index is 0. The van der Waals surface area contributed by atoms with Crippen LogP contribution in [-0.2, 0) is 4.79 Å². The Bertz CT molecular complexity index is 349. The third kappa shape index (κ3) is 3.59. The van der Waals surface area contributed by atoms with Crippen LogP contribution in [-0.4, -0.2) is 35.5 Å². The molecule has 1 aliphatic heterocycles. The summed E-state index contributed by atoms with van der Waals surface area (Å²) >= 11 is 0. The summed E-state index contributed by atoms with van der Waals surface area (Å²) in [5.74, 6) is 0.191. The van der Waals surface area contributed by atoms with Crippen LogP contribution in [0.3, 0.4) is 0 Å². The maximum Gasteiger partial charge on any atom is 0.240 e. The van der Waals surface area contributed by atoms with E-state index in [0.29, 0.717) is 6.54 Å². The third-order valence-electron chi connectivity index (χ3n) is 4.29. The molecule has 0 aromatic carbocycles. The molecule has 0 radical (unpaired) electrons. The van der Waals surface area contributed by atoms with E-state index >= 15 is 0 Å². The van der Waals surface area contributed by atoms with Crippen LogP contribution in [0.25, 0.3) is 0 Å². The van der Waals surface area contributed by atoms with E-state index < -0.39 is 6.04 Å². The molecular weight excluding hydrogens is 264 g/mol. The number of nitrogens with zero attached hydrogens (tertiary/aromatic N) is 2. The number of likely N-dealkylation sites (tertiary alicyclic amines) is 1. The molecule has 1 aliphatic carbocycles. The zero-order valence-corrected chi connectivity index (χ0v) is 11.9. The molecule has 4 N–H and O–H groups in total. The van der Waals surface area contributed by atoms with Gasteiger partial charge in [-0.05, 0) is 44.4 Å². The van der Waals surface area contributed by atoms with Crippen LogP contribution in [0.1, 0.15) is 38.5 Å². The number of amides is 1. The summed E-state index contributed by atoms with van der Waals surface area (Å²) in [5, 5.41) is 9.01. The second kappa shape index (κ2) is 7.09. The lowest BCUT2D eigenvalue weighted by atomic mass is 9.81. The lowest BCUT2D eigenvalue weighted by Crippen LogP contribution is -2.50. The fraction of sp³-hybridized carbons (Fsp3) is 0.846. The van der Waals surface area contributed by atoms with E-state index in [1.807, 2.05) is 0 Å². The molecule has 2 fully saturated rings. The van der Waals surface area contributed by atoms with Crippen LogP contribution in [0.5, 0.6) is 0 Å². The molecule has 1 amide bonds. The van der Waals surface area contributed by atoms with E-state index in [9.17, 15) is 4.79 Å². The van der Waals surface area contributed by atoms with Gasteiger partial charge in [-0.1, -0.05) is 0 Å². The van der Waals surface area contributed by atoms with Crippen molar-refractivity contribution in [3.05, 3.63) is 0 Å². The lowest BCUT2D eigenvalue weighted by molar-refractivity contribution is -0.134. The van der Waals surface area contributed by atoms with Crippen molar-refractivity contribution in [2.24, 2.45) is 17.4 Å². The fourth-order valence-electron chi connectivity index (χ4n) is 3.06. The van der Waals surface area contributed by atoms with Gasteiger partial charge in [-0.25, -0.2) is 0 Å². The van der Waals surface area contributed by atoms with Gasteiger partial charge in [0.05, 0.1) is 12.1 Å². The average molecular weight is 287 g/mol. The summed E-state index contributed by atoms with van der Waals surface area (Å²) < 4.78 is 0. The highest BCUT2D eigenvalue weighted by Crippen LogP contribution is 2.27. The van der Waals surface area contributed by atoms with Crippen molar-refractivity contribution in [3.63, 3.8) is 0 Å². The predicted molar refractivity (Wildman–Crippen MR) is 75.5 cm³/mol. The molecule has 0 bridgehead atoms. The Morgan fingerprint density at radius 3 is 2.47 bits per heavy atom. The molecule has 2 rings (SSSR count). The summed E-state index contributed by atoms with van der Waals surface area (Å²) in [5.41, 5.74) is 12.0. The summed E-state index contributed by atoms with van der Waals surface area (Å²) in [4.78, 5) is 14.0. The fourth-order valence-corrected chi connectivity index (χ4v) is 3.06. The van der Waals surface area contributed by atoms with Gasteiger partial charge in [0.1, 0.15) is 6.04 Å². The number of halogens is 1. The molecule has 5 nitrogen and oxygen atoms in total. The summed E-state index contributed by atoms with van der Waals surface area (Å²) in [6.07, 6.45) is 5.45. The summed E-state index contributed by atoms with van der Waals surface area (Å²) in [6, 6.07) is 1.73. The molecule has 2 atom stereocenters. The summed E-state index contributed by atoms with van der Waals surface area (Å²) in [6.45, 7) is 0.678. The smallest absolute Gasteiger partial charge is 0.240 e. The Labute approximate surface area is 120 Å². The van der Waals surface area contributed by atoms with Crippen molar-refractivity contribution >= 4 is 18.3 Å². The van der Waals surface area contributed by atoms with Crippen LogP contribution in [0, 0.1) is 17.2 Å². The van der Waals surface area contributed by atoms with Crippen LogP contribution >= 0.6 is 12.4 Å². The molecule has 1 heterocycles. The van der Waals surface area contributed by atoms with Gasteiger partial charge in [0.25, 0.3) is 0 Å². The molecule has 1 saturated carbocycles. The van der Waals surface area contributed by atoms with Gasteiger partial charge in [-0.3, -0.25) is 4.79 Å². The van der Waals surface area contributed by atoms with Crippen molar-refractivity contribution in [2.45, 2.75) is 56.7 Å². The van der Waals surface area contributed by atoms with Crippen molar-refractivity contribution in [1.82, 2.24) is 4.90 Å². The summed E-state index contributed by atoms with van der Waals surface area (Å²) in [7, 11) is 0. The van der Waals surface area contributed by atoms with E-state index in [1.165, 1.54) is 0 Å². The number of rotatable bonds is 2. The minimum atomic E-state index is -0.452. The van der Waals surface area contributed by atoms with E-state index in [2.05, 4.69) is 6.07 Å². The Morgan fingerprint density at radius 1 is 1.26 bits per heavy atom. The number of carbonyl (C=O) groups is 1. The molecule has 0 spiro atoms. The van der Waals surface area contributed by atoms with Crippen LogP contribution in [0.15, 0.2) is 0 Å². The Hall–Kier alpha value is -0.830. The Kier molecular flexibility index (Phi) is 6.05. The topological polar surface area (TPSA) is 96.1 Å². The predicted octanol–water partition coefficient (Wildman–Crippen LogP) is 0.768. The van der Waals surface area contributed by atoms with Gasteiger partial charge < -0.3 is 16.4 Å². The van der Waals surface area contributed by atoms with E-state index in [1.54, 1.807) is 4.90 Å². The quantitative estimate of drug-likeness (QED) is 0.783. The Morgan fingerprint density at radius 2 is 1.89 bits per heavy atom. The molecule has 108 valence electrons. The van der Waals surface area contributed by atoms with E-state index in [4.69, 9.17) is 16.7 Å². The number of hydrogen-bond acceptors (Lipinski definition) is 4. The first-order valence-electron chi connectivity index (χ1n) is 6.84. The molecular formula is C13H23ClN4O. The number of carbonyl (C=O) groups excluding carboxylic acids is 1. The van der Waals surface area contributed by atoms with E-state index in [-0.39, 0.29) is 36.3 Å². The molecule has 1 saturated heterocycles. The molecule has 0 aromatic rings. The highest BCUT2D eigenvalue weighted by molar-refractivity contribution is 5.85. The zero-order valence-electron chi connectivity index (χ0n) is 11.1. The molecule has 0 aromatic heterocycles.